The molecule has 0 aliphatic heterocycles. The van der Waals surface area contributed by atoms with Crippen LogP contribution in [0.4, 0.5) is 0 Å². The molecule has 0 bridgehead atoms. The van der Waals surface area contributed by atoms with E-state index in [0.717, 1.165) is 30.7 Å². The quantitative estimate of drug-likeness (QED) is 0.709. The Hall–Kier alpha value is -1.73. The van der Waals surface area contributed by atoms with Gasteiger partial charge in [-0.05, 0) is 37.3 Å². The average molecular weight is 377 g/mol. The van der Waals surface area contributed by atoms with E-state index in [-0.39, 0.29) is 5.91 Å². The van der Waals surface area contributed by atoms with E-state index in [1.165, 1.54) is 25.7 Å². The zero-order chi connectivity index (χ0) is 18.2. The van der Waals surface area contributed by atoms with E-state index < -0.39 is 0 Å². The number of rotatable bonds is 8. The maximum Gasteiger partial charge on any atom is 0.257 e. The smallest absolute Gasteiger partial charge is 0.257 e. The Kier molecular flexibility index (Phi) is 7.20. The largest absolute Gasteiger partial charge is 0.419 e. The molecule has 6 nitrogen and oxygen atoms in total. The molecule has 0 spiro atoms. The molecule has 2 aromatic rings. The van der Waals surface area contributed by atoms with Gasteiger partial charge in [0.25, 0.3) is 5.89 Å². The number of thiophene rings is 1. The molecule has 3 rings (SSSR count). The lowest BCUT2D eigenvalue weighted by Gasteiger charge is -2.22. The van der Waals surface area contributed by atoms with Gasteiger partial charge in [-0.2, -0.15) is 0 Å². The highest BCUT2D eigenvalue weighted by molar-refractivity contribution is 7.13. The number of hydrogen-bond donors (Lipinski definition) is 1. The van der Waals surface area contributed by atoms with E-state index in [0.29, 0.717) is 30.9 Å². The zero-order valence-electron chi connectivity index (χ0n) is 15.4. The van der Waals surface area contributed by atoms with Crippen molar-refractivity contribution in [3.63, 3.8) is 0 Å². The van der Waals surface area contributed by atoms with Crippen molar-refractivity contribution in [3.8, 4) is 10.8 Å². The summed E-state index contributed by atoms with van der Waals surface area (Å²) in [4.78, 5) is 15.5. The topological polar surface area (TPSA) is 71.3 Å². The first kappa shape index (κ1) is 19.0. The fourth-order valence-corrected chi connectivity index (χ4v) is 4.08. The van der Waals surface area contributed by atoms with Crippen LogP contribution in [0, 0.1) is 0 Å². The molecule has 0 unspecified atom stereocenters. The Morgan fingerprint density at radius 1 is 1.31 bits per heavy atom. The van der Waals surface area contributed by atoms with E-state index in [1.54, 1.807) is 11.3 Å². The second-order valence-corrected chi connectivity index (χ2v) is 7.89. The van der Waals surface area contributed by atoms with Crippen molar-refractivity contribution in [1.29, 1.82) is 0 Å². The molecular formula is C19H28N4O2S. The van der Waals surface area contributed by atoms with Crippen LogP contribution in [0.3, 0.4) is 0 Å². The molecule has 0 atom stereocenters. The van der Waals surface area contributed by atoms with Gasteiger partial charge in [0.1, 0.15) is 0 Å². The van der Waals surface area contributed by atoms with Crippen LogP contribution in [0.5, 0.6) is 0 Å². The van der Waals surface area contributed by atoms with Crippen LogP contribution in [-0.2, 0) is 11.3 Å². The van der Waals surface area contributed by atoms with Crippen LogP contribution in [0.2, 0.25) is 0 Å². The van der Waals surface area contributed by atoms with E-state index in [2.05, 4.69) is 27.3 Å². The Labute approximate surface area is 159 Å². The minimum absolute atomic E-state index is 0.100. The second kappa shape index (κ2) is 9.83. The number of nitrogens with zero attached hydrogens (tertiary/aromatic N) is 3. The lowest BCUT2D eigenvalue weighted by molar-refractivity contribution is -0.123. The molecule has 1 aliphatic carbocycles. The Bertz CT molecular complexity index is 663. The minimum atomic E-state index is 0.100. The number of nitrogens with one attached hydrogen (secondary N) is 1. The van der Waals surface area contributed by atoms with E-state index in [9.17, 15) is 4.79 Å². The third kappa shape index (κ3) is 5.64. The van der Waals surface area contributed by atoms with Crippen molar-refractivity contribution in [2.45, 2.75) is 64.5 Å². The number of aromatic nitrogens is 2. The van der Waals surface area contributed by atoms with Gasteiger partial charge in [-0.3, -0.25) is 9.69 Å². The van der Waals surface area contributed by atoms with Crippen LogP contribution in [0.15, 0.2) is 21.9 Å². The maximum absolute atomic E-state index is 12.5. The van der Waals surface area contributed by atoms with Crippen molar-refractivity contribution in [3.05, 3.63) is 23.4 Å². The summed E-state index contributed by atoms with van der Waals surface area (Å²) in [5.74, 6) is 1.21. The average Bonchev–Trinajstić information content (AvgIpc) is 3.24. The predicted molar refractivity (Wildman–Crippen MR) is 103 cm³/mol. The lowest BCUT2D eigenvalue weighted by Crippen LogP contribution is -2.42. The number of amides is 1. The van der Waals surface area contributed by atoms with Crippen LogP contribution < -0.4 is 5.32 Å². The number of carbonyl (C=O) groups excluding carboxylic acids is 1. The molecule has 2 aromatic heterocycles. The summed E-state index contributed by atoms with van der Waals surface area (Å²) in [6.07, 6.45) is 8.20. The van der Waals surface area contributed by atoms with Gasteiger partial charge < -0.3 is 9.73 Å². The standard InChI is InChI=1S/C19H28N4O2S/c1-2-11-23(13-17(24)20-15-8-5-3-4-6-9-15)14-18-21-22-19(25-18)16-10-7-12-26-16/h7,10,12,15H,2-6,8-9,11,13-14H2,1H3,(H,20,24). The summed E-state index contributed by atoms with van der Waals surface area (Å²) in [7, 11) is 0. The molecule has 1 N–H and O–H groups in total. The first-order valence-electron chi connectivity index (χ1n) is 9.62. The lowest BCUT2D eigenvalue weighted by atomic mass is 10.1. The third-order valence-corrected chi connectivity index (χ3v) is 5.54. The summed E-state index contributed by atoms with van der Waals surface area (Å²) in [6.45, 7) is 3.82. The SMILES string of the molecule is CCCN(CC(=O)NC1CCCCCC1)Cc1nnc(-c2cccs2)o1. The van der Waals surface area contributed by atoms with Crippen LogP contribution in [-0.4, -0.2) is 40.1 Å². The number of hydrogen-bond acceptors (Lipinski definition) is 6. The van der Waals surface area contributed by atoms with Crippen molar-refractivity contribution in [1.82, 2.24) is 20.4 Å². The highest BCUT2D eigenvalue weighted by atomic mass is 32.1. The van der Waals surface area contributed by atoms with Crippen LogP contribution >= 0.6 is 11.3 Å². The van der Waals surface area contributed by atoms with Gasteiger partial charge in [-0.15, -0.1) is 21.5 Å². The number of carbonyl (C=O) groups is 1. The van der Waals surface area contributed by atoms with Crippen LogP contribution in [0.1, 0.15) is 57.8 Å². The van der Waals surface area contributed by atoms with Crippen molar-refractivity contribution in [2.75, 3.05) is 13.1 Å². The molecule has 26 heavy (non-hydrogen) atoms. The Balaban J connectivity index is 1.54. The summed E-state index contributed by atoms with van der Waals surface area (Å²) >= 11 is 1.58. The molecule has 0 aromatic carbocycles. The highest BCUT2D eigenvalue weighted by Crippen LogP contribution is 2.23. The van der Waals surface area contributed by atoms with Gasteiger partial charge in [0.15, 0.2) is 0 Å². The van der Waals surface area contributed by atoms with Gasteiger partial charge in [0.05, 0.1) is 18.0 Å². The van der Waals surface area contributed by atoms with Gasteiger partial charge in [0, 0.05) is 6.04 Å². The molecule has 1 saturated carbocycles. The molecule has 1 amide bonds. The molecular weight excluding hydrogens is 348 g/mol. The molecule has 1 fully saturated rings. The maximum atomic E-state index is 12.5. The summed E-state index contributed by atoms with van der Waals surface area (Å²) in [5.41, 5.74) is 0. The molecule has 7 heteroatoms. The summed E-state index contributed by atoms with van der Waals surface area (Å²) < 4.78 is 5.77. The Morgan fingerprint density at radius 2 is 2.12 bits per heavy atom. The van der Waals surface area contributed by atoms with E-state index in [1.807, 2.05) is 17.5 Å². The fraction of sp³-hybridized carbons (Fsp3) is 0.632. The van der Waals surface area contributed by atoms with Gasteiger partial charge >= 0.3 is 0 Å². The first-order valence-corrected chi connectivity index (χ1v) is 10.5. The first-order chi connectivity index (χ1) is 12.7. The third-order valence-electron chi connectivity index (χ3n) is 4.69. The van der Waals surface area contributed by atoms with Crippen molar-refractivity contribution < 1.29 is 9.21 Å². The van der Waals surface area contributed by atoms with Gasteiger partial charge in [-0.25, -0.2) is 0 Å². The van der Waals surface area contributed by atoms with E-state index >= 15 is 0 Å². The molecule has 0 saturated heterocycles. The van der Waals surface area contributed by atoms with Crippen molar-refractivity contribution in [2.24, 2.45) is 0 Å². The minimum Gasteiger partial charge on any atom is -0.419 e. The Morgan fingerprint density at radius 3 is 2.81 bits per heavy atom. The molecule has 1 aliphatic rings. The predicted octanol–water partition coefficient (Wildman–Crippen LogP) is 3.85. The summed E-state index contributed by atoms with van der Waals surface area (Å²) in [5, 5.41) is 13.5. The van der Waals surface area contributed by atoms with Crippen LogP contribution in [0.25, 0.3) is 10.8 Å². The molecule has 2 heterocycles. The van der Waals surface area contributed by atoms with Gasteiger partial charge in [-0.1, -0.05) is 38.7 Å². The molecule has 0 radical (unpaired) electrons. The van der Waals surface area contributed by atoms with Gasteiger partial charge in [0.2, 0.25) is 11.8 Å². The fourth-order valence-electron chi connectivity index (χ4n) is 3.44. The second-order valence-electron chi connectivity index (χ2n) is 6.94. The summed E-state index contributed by atoms with van der Waals surface area (Å²) in [6, 6.07) is 4.26. The molecule has 142 valence electrons. The highest BCUT2D eigenvalue weighted by Gasteiger charge is 2.19. The van der Waals surface area contributed by atoms with Crippen molar-refractivity contribution >= 4 is 17.2 Å². The van der Waals surface area contributed by atoms with E-state index in [4.69, 9.17) is 4.42 Å². The zero-order valence-corrected chi connectivity index (χ0v) is 16.3. The normalized spacial score (nSPS) is 15.9. The monoisotopic (exact) mass is 376 g/mol.